The monoisotopic (exact) mass is 558 g/mol. The van der Waals surface area contributed by atoms with E-state index in [-0.39, 0.29) is 36.3 Å². The molecule has 39 heavy (non-hydrogen) atoms. The number of rotatable bonds is 13. The molecule has 0 saturated heterocycles. The molecule has 2 heterocycles. The van der Waals surface area contributed by atoms with Crippen molar-refractivity contribution in [2.45, 2.75) is 51.0 Å². The summed E-state index contributed by atoms with van der Waals surface area (Å²) in [4.78, 5) is 46.7. The number of esters is 1. The van der Waals surface area contributed by atoms with Gasteiger partial charge in [-0.15, -0.1) is 0 Å². The maximum atomic E-state index is 13.8. The quantitative estimate of drug-likeness (QED) is 0.216. The van der Waals surface area contributed by atoms with Gasteiger partial charge < -0.3 is 14.4 Å². The van der Waals surface area contributed by atoms with Gasteiger partial charge in [0, 0.05) is 43.9 Å². The van der Waals surface area contributed by atoms with Gasteiger partial charge in [0.05, 0.1) is 18.2 Å². The van der Waals surface area contributed by atoms with E-state index >= 15 is 0 Å². The van der Waals surface area contributed by atoms with Gasteiger partial charge in [0.1, 0.15) is 18.2 Å². The molecule has 0 saturated carbocycles. The van der Waals surface area contributed by atoms with Gasteiger partial charge in [-0.25, -0.2) is 14.2 Å². The summed E-state index contributed by atoms with van der Waals surface area (Å²) in [6, 6.07) is 7.62. The number of carbonyl (C=O) groups is 3. The van der Waals surface area contributed by atoms with Crippen LogP contribution in [0.3, 0.4) is 0 Å². The molecule has 11 heteroatoms. The van der Waals surface area contributed by atoms with Crippen LogP contribution in [0.2, 0.25) is 5.02 Å². The number of hydrogen-bond donors (Lipinski definition) is 1. The third kappa shape index (κ3) is 9.17. The minimum absolute atomic E-state index is 0.00803. The van der Waals surface area contributed by atoms with Crippen LogP contribution in [0.25, 0.3) is 10.8 Å². The molecular weight excluding hydrogens is 527 g/mol. The molecular formula is C28H32ClFN4O5. The number of ether oxygens (including phenoxy) is 2. The van der Waals surface area contributed by atoms with Gasteiger partial charge >= 0.3 is 12.1 Å². The number of unbranched alkanes of at least 4 members (excludes halogenated alkanes) is 2. The van der Waals surface area contributed by atoms with Crippen molar-refractivity contribution in [2.24, 2.45) is 0 Å². The Labute approximate surface area is 231 Å². The molecule has 1 aromatic carbocycles. The molecule has 2 aromatic heterocycles. The molecule has 0 radical (unpaired) electrons. The van der Waals surface area contributed by atoms with Gasteiger partial charge in [-0.2, -0.15) is 0 Å². The van der Waals surface area contributed by atoms with Crippen LogP contribution in [0.15, 0.2) is 48.9 Å². The number of likely N-dealkylation sites (N-methyl/N-ethyl adjacent to an activating group) is 1. The number of benzene rings is 1. The van der Waals surface area contributed by atoms with E-state index in [0.29, 0.717) is 37.1 Å². The zero-order chi connectivity index (χ0) is 28.2. The van der Waals surface area contributed by atoms with Crippen LogP contribution in [-0.4, -0.2) is 59.6 Å². The van der Waals surface area contributed by atoms with Crippen LogP contribution >= 0.6 is 11.6 Å². The number of nitrogens with one attached hydrogen (secondary N) is 1. The highest BCUT2D eigenvalue weighted by atomic mass is 35.5. The lowest BCUT2D eigenvalue weighted by Gasteiger charge is -2.28. The summed E-state index contributed by atoms with van der Waals surface area (Å²) in [7, 11) is 3.00. The van der Waals surface area contributed by atoms with Crippen molar-refractivity contribution in [3.63, 3.8) is 0 Å². The van der Waals surface area contributed by atoms with E-state index in [1.54, 1.807) is 54.8 Å². The summed E-state index contributed by atoms with van der Waals surface area (Å²) in [6.07, 6.45) is 7.60. The summed E-state index contributed by atoms with van der Waals surface area (Å²) in [6.45, 7) is -0.0384. The van der Waals surface area contributed by atoms with Gasteiger partial charge in [-0.3, -0.25) is 19.9 Å². The first-order chi connectivity index (χ1) is 18.8. The number of aromatic nitrogens is 2. The minimum atomic E-state index is -0.695. The fraction of sp³-hybridized carbons (Fsp3) is 0.393. The van der Waals surface area contributed by atoms with Crippen LogP contribution in [-0.2, 0) is 25.5 Å². The first-order valence-corrected chi connectivity index (χ1v) is 13.0. The number of hydrogen-bond acceptors (Lipinski definition) is 7. The van der Waals surface area contributed by atoms with Gasteiger partial charge in [-0.1, -0.05) is 36.6 Å². The SMILES string of the molecule is COC(=O)CCCCC[C@@H](COC(=O)Nc1cc2ccncc2cn1)N(C)C(=O)CCc1cccc(F)c1Cl. The number of methoxy groups -OCH3 is 1. The third-order valence-corrected chi connectivity index (χ3v) is 6.81. The van der Waals surface area contributed by atoms with Crippen molar-refractivity contribution in [3.8, 4) is 0 Å². The number of aryl methyl sites for hydroxylation is 1. The van der Waals surface area contributed by atoms with E-state index in [1.165, 1.54) is 13.2 Å². The summed E-state index contributed by atoms with van der Waals surface area (Å²) < 4.78 is 23.9. The Morgan fingerprint density at radius 3 is 2.72 bits per heavy atom. The zero-order valence-electron chi connectivity index (χ0n) is 22.0. The standard InChI is InChI=1S/C28H32ClFN4O5/c1-34(25(35)12-11-19-7-6-9-23(30)27(19)29)22(8-4-3-5-10-26(36)38-2)18-39-28(37)33-24-15-20-13-14-31-16-21(20)17-32-24/h6-7,9,13-17,22H,3-5,8,10-12,18H2,1-2H3,(H,32,33,37)/t22-/m0/s1. The summed E-state index contributed by atoms with van der Waals surface area (Å²) in [5.74, 6) is -0.664. The fourth-order valence-corrected chi connectivity index (χ4v) is 4.26. The number of anilines is 1. The third-order valence-electron chi connectivity index (χ3n) is 6.39. The molecule has 3 aromatic rings. The lowest BCUT2D eigenvalue weighted by molar-refractivity contribution is -0.140. The predicted molar refractivity (Wildman–Crippen MR) is 146 cm³/mol. The van der Waals surface area contributed by atoms with Crippen molar-refractivity contribution < 1.29 is 28.2 Å². The molecule has 0 fully saturated rings. The fourth-order valence-electron chi connectivity index (χ4n) is 4.04. The molecule has 0 bridgehead atoms. The number of fused-ring (bicyclic) bond motifs is 1. The van der Waals surface area contributed by atoms with Crippen LogP contribution in [0, 0.1) is 5.82 Å². The van der Waals surface area contributed by atoms with Crippen molar-refractivity contribution in [2.75, 3.05) is 26.1 Å². The minimum Gasteiger partial charge on any atom is -0.469 e. The highest BCUT2D eigenvalue weighted by molar-refractivity contribution is 6.31. The van der Waals surface area contributed by atoms with Crippen LogP contribution in [0.5, 0.6) is 0 Å². The van der Waals surface area contributed by atoms with E-state index in [9.17, 15) is 18.8 Å². The van der Waals surface area contributed by atoms with Crippen molar-refractivity contribution in [1.82, 2.24) is 14.9 Å². The summed E-state index contributed by atoms with van der Waals surface area (Å²) >= 11 is 6.03. The van der Waals surface area contributed by atoms with E-state index in [0.717, 1.165) is 17.2 Å². The van der Waals surface area contributed by atoms with Crippen LogP contribution in [0.4, 0.5) is 15.0 Å². The Bertz CT molecular complexity index is 1290. The lowest BCUT2D eigenvalue weighted by Crippen LogP contribution is -2.41. The molecule has 0 spiro atoms. The first-order valence-electron chi connectivity index (χ1n) is 12.7. The van der Waals surface area contributed by atoms with Crippen LogP contribution in [0.1, 0.15) is 44.1 Å². The second-order valence-corrected chi connectivity index (χ2v) is 9.44. The molecule has 0 unspecified atom stereocenters. The zero-order valence-corrected chi connectivity index (χ0v) is 22.7. The number of carbonyl (C=O) groups excluding carboxylic acids is 3. The molecule has 1 atom stereocenters. The largest absolute Gasteiger partial charge is 0.469 e. The van der Waals surface area contributed by atoms with Gasteiger partial charge in [0.25, 0.3) is 0 Å². The Hall–Kier alpha value is -3.79. The van der Waals surface area contributed by atoms with Crippen LogP contribution < -0.4 is 5.32 Å². The average molecular weight is 559 g/mol. The number of halogens is 2. The maximum absolute atomic E-state index is 13.8. The van der Waals surface area contributed by atoms with Gasteiger partial charge in [0.15, 0.2) is 0 Å². The van der Waals surface area contributed by atoms with E-state index < -0.39 is 18.0 Å². The molecule has 208 valence electrons. The average Bonchev–Trinajstić information content (AvgIpc) is 2.94. The highest BCUT2D eigenvalue weighted by Gasteiger charge is 2.22. The topological polar surface area (TPSA) is 111 Å². The molecule has 2 amide bonds. The highest BCUT2D eigenvalue weighted by Crippen LogP contribution is 2.22. The van der Waals surface area contributed by atoms with Gasteiger partial charge in [0.2, 0.25) is 5.91 Å². The Morgan fingerprint density at radius 1 is 1.10 bits per heavy atom. The lowest BCUT2D eigenvalue weighted by atomic mass is 10.0. The summed E-state index contributed by atoms with van der Waals surface area (Å²) in [5, 5.41) is 4.32. The number of nitrogens with zero attached hydrogens (tertiary/aromatic N) is 3. The molecule has 3 rings (SSSR count). The second-order valence-electron chi connectivity index (χ2n) is 9.06. The Kier molecular flexibility index (Phi) is 11.4. The Morgan fingerprint density at radius 2 is 1.92 bits per heavy atom. The van der Waals surface area contributed by atoms with Crippen molar-refractivity contribution in [3.05, 3.63) is 65.3 Å². The smallest absolute Gasteiger partial charge is 0.412 e. The molecule has 9 nitrogen and oxygen atoms in total. The maximum Gasteiger partial charge on any atom is 0.412 e. The second kappa shape index (κ2) is 15.0. The number of amides is 2. The predicted octanol–water partition coefficient (Wildman–Crippen LogP) is 5.55. The molecule has 0 aliphatic carbocycles. The molecule has 1 N–H and O–H groups in total. The first kappa shape index (κ1) is 29.8. The van der Waals surface area contributed by atoms with E-state index in [2.05, 4.69) is 20.0 Å². The molecule has 0 aliphatic heterocycles. The Balaban J connectivity index is 1.58. The number of pyridine rings is 2. The van der Waals surface area contributed by atoms with Gasteiger partial charge in [-0.05, 0) is 48.4 Å². The van der Waals surface area contributed by atoms with Crippen molar-refractivity contribution >= 4 is 46.2 Å². The summed E-state index contributed by atoms with van der Waals surface area (Å²) in [5.41, 5.74) is 0.548. The molecule has 0 aliphatic rings. The van der Waals surface area contributed by atoms with Crippen molar-refractivity contribution in [1.29, 1.82) is 0 Å². The van der Waals surface area contributed by atoms with E-state index in [4.69, 9.17) is 16.3 Å². The van der Waals surface area contributed by atoms with E-state index in [1.807, 2.05) is 0 Å². The normalized spacial score (nSPS) is 11.6.